The lowest BCUT2D eigenvalue weighted by Crippen LogP contribution is -2.37. The Morgan fingerprint density at radius 3 is 2.77 bits per heavy atom. The predicted molar refractivity (Wildman–Crippen MR) is 57.2 cm³/mol. The Kier molecular flexibility index (Phi) is 5.40. The van der Waals surface area contributed by atoms with E-state index in [1.807, 2.05) is 0 Å². The van der Waals surface area contributed by atoms with Gasteiger partial charge >= 0.3 is 0 Å². The molecule has 0 aliphatic heterocycles. The first-order chi connectivity index (χ1) is 6.38. The zero-order chi connectivity index (χ0) is 9.52. The van der Waals surface area contributed by atoms with Crippen molar-refractivity contribution in [3.8, 4) is 0 Å². The zero-order valence-electron chi connectivity index (χ0n) is 8.89. The van der Waals surface area contributed by atoms with Gasteiger partial charge < -0.3 is 0 Å². The van der Waals surface area contributed by atoms with E-state index in [9.17, 15) is 0 Å². The van der Waals surface area contributed by atoms with E-state index in [-0.39, 0.29) is 0 Å². The summed E-state index contributed by atoms with van der Waals surface area (Å²) in [5.74, 6) is 6.37. The van der Waals surface area contributed by atoms with Crippen molar-refractivity contribution in [1.82, 2.24) is 5.43 Å². The van der Waals surface area contributed by atoms with Crippen LogP contribution in [0.1, 0.15) is 58.3 Å². The zero-order valence-corrected chi connectivity index (χ0v) is 8.89. The van der Waals surface area contributed by atoms with Gasteiger partial charge in [0.15, 0.2) is 0 Å². The number of nitrogens with two attached hydrogens (primary N) is 1. The molecule has 0 aromatic carbocycles. The number of rotatable bonds is 6. The molecule has 2 nitrogen and oxygen atoms in total. The van der Waals surface area contributed by atoms with E-state index < -0.39 is 0 Å². The van der Waals surface area contributed by atoms with E-state index in [2.05, 4.69) is 12.3 Å². The summed E-state index contributed by atoms with van der Waals surface area (Å²) in [7, 11) is 0. The lowest BCUT2D eigenvalue weighted by atomic mass is 9.96. The first-order valence-electron chi connectivity index (χ1n) is 5.84. The van der Waals surface area contributed by atoms with Crippen LogP contribution >= 0.6 is 0 Å². The molecule has 0 amide bonds. The van der Waals surface area contributed by atoms with E-state index in [0.29, 0.717) is 6.04 Å². The summed E-state index contributed by atoms with van der Waals surface area (Å²) in [5, 5.41) is 0. The van der Waals surface area contributed by atoms with E-state index in [0.717, 1.165) is 5.92 Å². The standard InChI is InChI=1S/C11H24N2/c1-2-3-4-5-7-10-8-6-9-11(10)13-12/h10-11,13H,2-9,12H2,1H3/t10-,11+/m0/s1. The minimum atomic E-state index is 0.613. The van der Waals surface area contributed by atoms with Crippen molar-refractivity contribution in [3.05, 3.63) is 0 Å². The average molecular weight is 184 g/mol. The first-order valence-corrected chi connectivity index (χ1v) is 5.84. The van der Waals surface area contributed by atoms with Crippen molar-refractivity contribution in [2.45, 2.75) is 64.3 Å². The molecular weight excluding hydrogens is 160 g/mol. The third-order valence-corrected chi connectivity index (χ3v) is 3.30. The van der Waals surface area contributed by atoms with Gasteiger partial charge in [0.05, 0.1) is 0 Å². The summed E-state index contributed by atoms with van der Waals surface area (Å²) in [5.41, 5.74) is 2.95. The molecule has 2 atom stereocenters. The second-order valence-electron chi connectivity index (χ2n) is 4.31. The van der Waals surface area contributed by atoms with Crippen molar-refractivity contribution in [3.63, 3.8) is 0 Å². The molecule has 1 aliphatic rings. The number of hydrogen-bond acceptors (Lipinski definition) is 2. The molecule has 13 heavy (non-hydrogen) atoms. The van der Waals surface area contributed by atoms with E-state index >= 15 is 0 Å². The minimum absolute atomic E-state index is 0.613. The molecule has 2 heteroatoms. The fourth-order valence-electron chi connectivity index (χ4n) is 2.44. The molecular formula is C11H24N2. The van der Waals surface area contributed by atoms with Gasteiger partial charge in [-0.25, -0.2) is 0 Å². The van der Waals surface area contributed by atoms with Crippen LogP contribution in [0.5, 0.6) is 0 Å². The van der Waals surface area contributed by atoms with Crippen LogP contribution in [0.3, 0.4) is 0 Å². The molecule has 1 rings (SSSR count). The van der Waals surface area contributed by atoms with Gasteiger partial charge in [-0.15, -0.1) is 0 Å². The summed E-state index contributed by atoms with van der Waals surface area (Å²) >= 11 is 0. The third kappa shape index (κ3) is 3.65. The Bertz CT molecular complexity index is 125. The summed E-state index contributed by atoms with van der Waals surface area (Å²) in [6, 6.07) is 0.613. The van der Waals surface area contributed by atoms with Gasteiger partial charge in [-0.2, -0.15) is 0 Å². The summed E-state index contributed by atoms with van der Waals surface area (Å²) in [6.07, 6.45) is 11.0. The highest BCUT2D eigenvalue weighted by atomic mass is 15.2. The van der Waals surface area contributed by atoms with Gasteiger partial charge in [0.1, 0.15) is 0 Å². The predicted octanol–water partition coefficient (Wildman–Crippen LogP) is 2.59. The molecule has 0 aromatic rings. The van der Waals surface area contributed by atoms with Crippen LogP contribution in [0.25, 0.3) is 0 Å². The number of unbranched alkanes of at least 4 members (excludes halogenated alkanes) is 3. The Balaban J connectivity index is 2.06. The highest BCUT2D eigenvalue weighted by Crippen LogP contribution is 2.29. The molecule has 1 aliphatic carbocycles. The van der Waals surface area contributed by atoms with Gasteiger partial charge in [0.2, 0.25) is 0 Å². The molecule has 1 saturated carbocycles. The second kappa shape index (κ2) is 6.39. The normalized spacial score (nSPS) is 28.2. The Hall–Kier alpha value is -0.0800. The van der Waals surface area contributed by atoms with Gasteiger partial charge in [0.25, 0.3) is 0 Å². The first kappa shape index (κ1) is 11.0. The minimum Gasteiger partial charge on any atom is -0.271 e. The topological polar surface area (TPSA) is 38.0 Å². The molecule has 1 fully saturated rings. The third-order valence-electron chi connectivity index (χ3n) is 3.30. The lowest BCUT2D eigenvalue weighted by molar-refractivity contribution is 0.371. The van der Waals surface area contributed by atoms with Crippen LogP contribution in [0.15, 0.2) is 0 Å². The Labute approximate surface area is 82.2 Å². The van der Waals surface area contributed by atoms with Crippen LogP contribution in [0.4, 0.5) is 0 Å². The van der Waals surface area contributed by atoms with E-state index in [4.69, 9.17) is 5.84 Å². The largest absolute Gasteiger partial charge is 0.271 e. The summed E-state index contributed by atoms with van der Waals surface area (Å²) in [6.45, 7) is 2.26. The molecule has 0 bridgehead atoms. The van der Waals surface area contributed by atoms with Crippen LogP contribution < -0.4 is 11.3 Å². The van der Waals surface area contributed by atoms with Crippen LogP contribution in [0.2, 0.25) is 0 Å². The molecule has 0 aromatic heterocycles. The summed E-state index contributed by atoms with van der Waals surface area (Å²) < 4.78 is 0. The van der Waals surface area contributed by atoms with Crippen LogP contribution in [-0.4, -0.2) is 6.04 Å². The van der Waals surface area contributed by atoms with Crippen LogP contribution in [0, 0.1) is 5.92 Å². The van der Waals surface area contributed by atoms with Gasteiger partial charge in [-0.3, -0.25) is 11.3 Å². The van der Waals surface area contributed by atoms with Gasteiger partial charge in [0, 0.05) is 6.04 Å². The van der Waals surface area contributed by atoms with Gasteiger partial charge in [-0.05, 0) is 25.2 Å². The van der Waals surface area contributed by atoms with E-state index in [1.165, 1.54) is 51.4 Å². The monoisotopic (exact) mass is 184 g/mol. The smallest absolute Gasteiger partial charge is 0.0238 e. The number of hydrazine groups is 1. The maximum Gasteiger partial charge on any atom is 0.0238 e. The van der Waals surface area contributed by atoms with E-state index in [1.54, 1.807) is 0 Å². The Morgan fingerprint density at radius 1 is 1.23 bits per heavy atom. The lowest BCUT2D eigenvalue weighted by Gasteiger charge is -2.18. The van der Waals surface area contributed by atoms with Crippen molar-refractivity contribution < 1.29 is 0 Å². The molecule has 0 radical (unpaired) electrons. The van der Waals surface area contributed by atoms with Crippen molar-refractivity contribution in [2.24, 2.45) is 11.8 Å². The van der Waals surface area contributed by atoms with Gasteiger partial charge in [-0.1, -0.05) is 39.0 Å². The molecule has 0 heterocycles. The maximum atomic E-state index is 5.50. The van der Waals surface area contributed by atoms with Crippen molar-refractivity contribution in [2.75, 3.05) is 0 Å². The molecule has 0 saturated heterocycles. The second-order valence-corrected chi connectivity index (χ2v) is 4.31. The van der Waals surface area contributed by atoms with Crippen LogP contribution in [-0.2, 0) is 0 Å². The summed E-state index contributed by atoms with van der Waals surface area (Å²) in [4.78, 5) is 0. The molecule has 0 unspecified atom stereocenters. The highest BCUT2D eigenvalue weighted by molar-refractivity contribution is 4.81. The quantitative estimate of drug-likeness (QED) is 0.378. The fourth-order valence-corrected chi connectivity index (χ4v) is 2.44. The number of nitrogens with one attached hydrogen (secondary N) is 1. The van der Waals surface area contributed by atoms with Crippen molar-refractivity contribution >= 4 is 0 Å². The fraction of sp³-hybridized carbons (Fsp3) is 1.00. The van der Waals surface area contributed by atoms with Crippen molar-refractivity contribution in [1.29, 1.82) is 0 Å². The SMILES string of the molecule is CCCCCC[C@H]1CCC[C@H]1NN. The number of hydrogen-bond donors (Lipinski definition) is 2. The Morgan fingerprint density at radius 2 is 2.08 bits per heavy atom. The maximum absolute atomic E-state index is 5.50. The molecule has 78 valence electrons. The molecule has 0 spiro atoms. The average Bonchev–Trinajstić information content (AvgIpc) is 2.60. The molecule has 3 N–H and O–H groups in total. The highest BCUT2D eigenvalue weighted by Gasteiger charge is 2.25.